The predicted molar refractivity (Wildman–Crippen MR) is 119 cm³/mol. The molecule has 0 unspecified atom stereocenters. The van der Waals surface area contributed by atoms with E-state index in [9.17, 15) is 0 Å². The van der Waals surface area contributed by atoms with Gasteiger partial charge in [-0.1, -0.05) is 93.6 Å². The highest BCUT2D eigenvalue weighted by Gasteiger charge is 2.33. The Balaban J connectivity index is 1.92. The molecule has 144 valence electrons. The molecule has 0 aliphatic rings. The quantitative estimate of drug-likeness (QED) is 0.362. The van der Waals surface area contributed by atoms with Gasteiger partial charge in [0.1, 0.15) is 0 Å². The highest BCUT2D eigenvalue weighted by molar-refractivity contribution is 7.99. The number of aromatic nitrogens is 3. The van der Waals surface area contributed by atoms with E-state index >= 15 is 0 Å². The Labute approximate surface area is 175 Å². The summed E-state index contributed by atoms with van der Waals surface area (Å²) in [5, 5.41) is 6.16. The second-order valence-electron chi connectivity index (χ2n) is 8.25. The molecule has 0 amide bonds. The first-order chi connectivity index (χ1) is 14.0. The molecule has 0 aliphatic carbocycles. The van der Waals surface area contributed by atoms with Crippen LogP contribution in [0.25, 0.3) is 22.3 Å². The molecule has 4 heteroatoms. The minimum absolute atomic E-state index is 0.0446. The maximum Gasteiger partial charge on any atom is 0.269 e. The molecule has 0 radical (unpaired) electrons. The van der Waals surface area contributed by atoms with Gasteiger partial charge in [-0.15, -0.1) is 4.63 Å². The van der Waals surface area contributed by atoms with Crippen LogP contribution in [0.5, 0.6) is 0 Å². The van der Waals surface area contributed by atoms with E-state index in [-0.39, 0.29) is 5.41 Å². The smallest absolute Gasteiger partial charge is 0.216 e. The summed E-state index contributed by atoms with van der Waals surface area (Å²) in [7, 11) is 0. The molecular weight excluding hydrogens is 374 g/mol. The van der Waals surface area contributed by atoms with E-state index in [0.29, 0.717) is 0 Å². The average molecular weight is 398 g/mol. The first-order valence-electron chi connectivity index (χ1n) is 9.85. The summed E-state index contributed by atoms with van der Waals surface area (Å²) in [5.41, 5.74) is 5.81. The summed E-state index contributed by atoms with van der Waals surface area (Å²) >= 11 is 1.78. The summed E-state index contributed by atoms with van der Waals surface area (Å²) in [5.74, 6) is 0. The maximum atomic E-state index is 4.99. The van der Waals surface area contributed by atoms with Crippen molar-refractivity contribution in [1.29, 1.82) is 0 Å². The summed E-state index contributed by atoms with van der Waals surface area (Å²) in [6, 6.07) is 29.6. The SMILES string of the molecule is CC(C)(C)c1c(-c2ccccc2)n2c3ccccc3[n-][n+]2c1Sc1ccccc1. The van der Waals surface area contributed by atoms with Gasteiger partial charge in [-0.25, -0.2) is 4.52 Å². The Morgan fingerprint density at radius 1 is 0.793 bits per heavy atom. The van der Waals surface area contributed by atoms with Crippen LogP contribution in [-0.2, 0) is 5.41 Å². The fraction of sp³-hybridized carbons (Fsp3) is 0.160. The fourth-order valence-corrected chi connectivity index (χ4v) is 5.09. The number of hydrogen-bond acceptors (Lipinski definition) is 1. The Morgan fingerprint density at radius 3 is 2.10 bits per heavy atom. The molecule has 0 bridgehead atoms. The highest BCUT2D eigenvalue weighted by atomic mass is 32.2. The number of fused-ring (bicyclic) bond motifs is 3. The molecule has 0 aliphatic heterocycles. The second-order valence-corrected chi connectivity index (χ2v) is 9.31. The van der Waals surface area contributed by atoms with Gasteiger partial charge in [0.25, 0.3) is 5.03 Å². The van der Waals surface area contributed by atoms with Crippen molar-refractivity contribution < 1.29 is 4.63 Å². The van der Waals surface area contributed by atoms with E-state index in [1.54, 1.807) is 11.8 Å². The lowest BCUT2D eigenvalue weighted by atomic mass is 9.85. The van der Waals surface area contributed by atoms with Crippen molar-refractivity contribution in [3.8, 4) is 11.3 Å². The molecule has 3 nitrogen and oxygen atoms in total. The van der Waals surface area contributed by atoms with Crippen LogP contribution < -0.4 is 9.73 Å². The Kier molecular flexibility index (Phi) is 4.25. The Hall–Kier alpha value is -2.98. The van der Waals surface area contributed by atoms with Gasteiger partial charge in [0.2, 0.25) is 0 Å². The molecule has 5 aromatic rings. The van der Waals surface area contributed by atoms with Crippen molar-refractivity contribution in [2.75, 3.05) is 0 Å². The minimum atomic E-state index is -0.0446. The maximum absolute atomic E-state index is 4.99. The van der Waals surface area contributed by atoms with Crippen LogP contribution in [0.3, 0.4) is 0 Å². The third kappa shape index (κ3) is 3.04. The summed E-state index contributed by atoms with van der Waals surface area (Å²) in [4.78, 5) is 1.21. The third-order valence-corrected chi connectivity index (χ3v) is 6.17. The van der Waals surface area contributed by atoms with Crippen molar-refractivity contribution in [2.24, 2.45) is 0 Å². The highest BCUT2D eigenvalue weighted by Crippen LogP contribution is 2.41. The van der Waals surface area contributed by atoms with Gasteiger partial charge in [-0.3, -0.25) is 0 Å². The largest absolute Gasteiger partial charge is 0.269 e. The van der Waals surface area contributed by atoms with Crippen LogP contribution in [0.1, 0.15) is 26.3 Å². The van der Waals surface area contributed by atoms with Gasteiger partial charge in [-0.05, 0) is 34.9 Å². The lowest BCUT2D eigenvalue weighted by molar-refractivity contribution is -0.708. The average Bonchev–Trinajstić information content (AvgIpc) is 3.24. The zero-order valence-electron chi connectivity index (χ0n) is 16.8. The number of rotatable bonds is 3. The van der Waals surface area contributed by atoms with Gasteiger partial charge < -0.3 is 0 Å². The Bertz CT molecular complexity index is 1290. The van der Waals surface area contributed by atoms with Gasteiger partial charge in [0, 0.05) is 27.2 Å². The zero-order chi connectivity index (χ0) is 20.0. The zero-order valence-corrected chi connectivity index (χ0v) is 17.6. The van der Waals surface area contributed by atoms with E-state index in [4.69, 9.17) is 5.10 Å². The van der Waals surface area contributed by atoms with Crippen molar-refractivity contribution in [3.63, 3.8) is 0 Å². The third-order valence-electron chi connectivity index (χ3n) is 5.10. The standard InChI is InChI=1S/C25H23N3S/c1-25(2,3)22-23(18-12-6-4-7-13-18)27-21-17-11-10-16-20(21)26-28(27)24(22)29-19-14-8-5-9-15-19/h4-17H,1-3H3. The molecule has 0 atom stereocenters. The first-order valence-corrected chi connectivity index (χ1v) is 10.7. The van der Waals surface area contributed by atoms with Crippen LogP contribution in [0.15, 0.2) is 94.9 Å². The summed E-state index contributed by atoms with van der Waals surface area (Å²) in [6.07, 6.45) is 0. The number of benzene rings is 3. The number of nitrogens with zero attached hydrogens (tertiary/aromatic N) is 3. The lowest BCUT2D eigenvalue weighted by Gasteiger charge is -2.20. The molecule has 29 heavy (non-hydrogen) atoms. The van der Waals surface area contributed by atoms with Crippen LogP contribution >= 0.6 is 11.8 Å². The number of hydrogen-bond donors (Lipinski definition) is 0. The molecule has 2 aromatic heterocycles. The topological polar surface area (TPSA) is 22.6 Å². The Morgan fingerprint density at radius 2 is 1.41 bits per heavy atom. The summed E-state index contributed by atoms with van der Waals surface area (Å²) < 4.78 is 4.36. The molecule has 0 saturated carbocycles. The van der Waals surface area contributed by atoms with Crippen LogP contribution in [0.4, 0.5) is 0 Å². The van der Waals surface area contributed by atoms with Crippen molar-refractivity contribution in [1.82, 2.24) is 9.61 Å². The molecule has 5 rings (SSSR count). The van der Waals surface area contributed by atoms with E-state index in [1.165, 1.54) is 26.7 Å². The van der Waals surface area contributed by atoms with E-state index in [0.717, 1.165) is 11.0 Å². The van der Waals surface area contributed by atoms with Crippen molar-refractivity contribution in [3.05, 3.63) is 90.5 Å². The summed E-state index contributed by atoms with van der Waals surface area (Å²) in [6.45, 7) is 6.85. The fourth-order valence-electron chi connectivity index (χ4n) is 3.87. The van der Waals surface area contributed by atoms with Gasteiger partial charge in [0.15, 0.2) is 0 Å². The van der Waals surface area contributed by atoms with Crippen LogP contribution in [-0.4, -0.2) is 4.52 Å². The van der Waals surface area contributed by atoms with Crippen LogP contribution in [0.2, 0.25) is 0 Å². The molecule has 0 saturated heterocycles. The molecular formula is C25H23N3S. The van der Waals surface area contributed by atoms with E-state index in [1.807, 2.05) is 6.07 Å². The van der Waals surface area contributed by atoms with E-state index < -0.39 is 0 Å². The monoisotopic (exact) mass is 397 g/mol. The minimum Gasteiger partial charge on any atom is -0.216 e. The van der Waals surface area contributed by atoms with Crippen LogP contribution in [0, 0.1) is 0 Å². The molecule has 0 N–H and O–H groups in total. The van der Waals surface area contributed by atoms with E-state index in [2.05, 4.69) is 109 Å². The van der Waals surface area contributed by atoms with Gasteiger partial charge >= 0.3 is 0 Å². The molecule has 0 spiro atoms. The molecule has 3 aromatic carbocycles. The first kappa shape index (κ1) is 18.1. The normalized spacial score (nSPS) is 12.1. The molecule has 0 fully saturated rings. The lowest BCUT2D eigenvalue weighted by Crippen LogP contribution is -2.32. The predicted octanol–water partition coefficient (Wildman–Crippen LogP) is 5.75. The van der Waals surface area contributed by atoms with Gasteiger partial charge in [-0.2, -0.15) is 5.10 Å². The van der Waals surface area contributed by atoms with Crippen molar-refractivity contribution >= 4 is 22.8 Å². The van der Waals surface area contributed by atoms with Crippen molar-refractivity contribution in [2.45, 2.75) is 36.1 Å². The van der Waals surface area contributed by atoms with Gasteiger partial charge in [0.05, 0.1) is 0 Å². The second kappa shape index (κ2) is 6.82. The number of para-hydroxylation sites is 1. The molecule has 2 heterocycles.